The maximum Gasteiger partial charge on any atom is 0.222 e. The van der Waals surface area contributed by atoms with E-state index in [0.29, 0.717) is 30.1 Å². The minimum atomic E-state index is 0.187. The average Bonchev–Trinajstić information content (AvgIpc) is 3.18. The highest BCUT2D eigenvalue weighted by Gasteiger charge is 2.35. The zero-order valence-electron chi connectivity index (χ0n) is 18.6. The van der Waals surface area contributed by atoms with Crippen molar-refractivity contribution in [1.82, 2.24) is 4.90 Å². The van der Waals surface area contributed by atoms with Gasteiger partial charge in [-0.25, -0.2) is 0 Å². The van der Waals surface area contributed by atoms with Crippen LogP contribution >= 0.6 is 0 Å². The van der Waals surface area contributed by atoms with Crippen LogP contribution in [0, 0.1) is 5.41 Å². The molecule has 2 aromatic rings. The predicted molar refractivity (Wildman–Crippen MR) is 118 cm³/mol. The van der Waals surface area contributed by atoms with Gasteiger partial charge in [-0.1, -0.05) is 43.3 Å². The number of benzene rings is 2. The summed E-state index contributed by atoms with van der Waals surface area (Å²) in [6, 6.07) is 14.4. The maximum absolute atomic E-state index is 12.9. The fourth-order valence-electron chi connectivity index (χ4n) is 4.29. The van der Waals surface area contributed by atoms with Gasteiger partial charge in [0, 0.05) is 19.5 Å². The Labute approximate surface area is 179 Å². The third kappa shape index (κ3) is 5.07. The zero-order chi connectivity index (χ0) is 21.6. The highest BCUT2D eigenvalue weighted by molar-refractivity contribution is 5.77. The molecule has 0 unspecified atom stereocenters. The molecule has 1 atom stereocenters. The third-order valence-electron chi connectivity index (χ3n) is 6.16. The van der Waals surface area contributed by atoms with Gasteiger partial charge in [0.05, 0.1) is 21.3 Å². The number of hydrogen-bond donors (Lipinski definition) is 0. The van der Waals surface area contributed by atoms with Gasteiger partial charge in [0.1, 0.15) is 0 Å². The lowest BCUT2D eigenvalue weighted by molar-refractivity contribution is -0.130. The largest absolute Gasteiger partial charge is 0.493 e. The molecular formula is C25H33NO4. The van der Waals surface area contributed by atoms with E-state index < -0.39 is 0 Å². The van der Waals surface area contributed by atoms with E-state index in [1.54, 1.807) is 21.3 Å². The summed E-state index contributed by atoms with van der Waals surface area (Å²) in [5, 5.41) is 0. The quantitative estimate of drug-likeness (QED) is 0.609. The van der Waals surface area contributed by atoms with E-state index in [1.807, 2.05) is 17.0 Å². The van der Waals surface area contributed by atoms with Gasteiger partial charge in [-0.05, 0) is 48.3 Å². The van der Waals surface area contributed by atoms with Crippen LogP contribution in [-0.2, 0) is 17.6 Å². The first-order chi connectivity index (χ1) is 14.5. The van der Waals surface area contributed by atoms with Gasteiger partial charge < -0.3 is 19.1 Å². The first-order valence-corrected chi connectivity index (χ1v) is 10.6. The van der Waals surface area contributed by atoms with Crippen LogP contribution in [0.2, 0.25) is 0 Å². The summed E-state index contributed by atoms with van der Waals surface area (Å²) >= 11 is 0. The summed E-state index contributed by atoms with van der Waals surface area (Å²) in [6.07, 6.45) is 4.29. The second kappa shape index (κ2) is 9.88. The van der Waals surface area contributed by atoms with Crippen LogP contribution in [0.1, 0.15) is 37.3 Å². The summed E-state index contributed by atoms with van der Waals surface area (Å²) in [5.41, 5.74) is 2.51. The number of rotatable bonds is 9. The van der Waals surface area contributed by atoms with Crippen LogP contribution in [0.15, 0.2) is 42.5 Å². The molecule has 1 heterocycles. The molecule has 2 aromatic carbocycles. The molecule has 5 heteroatoms. The molecule has 0 aromatic heterocycles. The molecule has 5 nitrogen and oxygen atoms in total. The standard InChI is InChI=1S/C25H33NO4/c1-25(15-14-19-8-6-5-7-9-19)16-17-26(18-25)22(27)13-11-20-10-12-21(28-2)24(30-4)23(20)29-3/h5-10,12H,11,13-18H2,1-4H3/t25-/m0/s1. The number of ether oxygens (including phenoxy) is 3. The first-order valence-electron chi connectivity index (χ1n) is 10.6. The predicted octanol–water partition coefficient (Wildman–Crippen LogP) is 4.52. The fourth-order valence-corrected chi connectivity index (χ4v) is 4.29. The summed E-state index contributed by atoms with van der Waals surface area (Å²) in [6.45, 7) is 3.98. The van der Waals surface area contributed by atoms with Crippen molar-refractivity contribution in [3.8, 4) is 17.2 Å². The first kappa shape index (κ1) is 22.0. The Hall–Kier alpha value is -2.69. The van der Waals surface area contributed by atoms with Crippen molar-refractivity contribution in [3.05, 3.63) is 53.6 Å². The van der Waals surface area contributed by atoms with Crippen molar-refractivity contribution >= 4 is 5.91 Å². The Morgan fingerprint density at radius 1 is 0.967 bits per heavy atom. The van der Waals surface area contributed by atoms with Crippen LogP contribution in [0.5, 0.6) is 17.2 Å². The lowest BCUT2D eigenvalue weighted by Gasteiger charge is -2.25. The minimum absolute atomic E-state index is 0.187. The number of carbonyl (C=O) groups is 1. The van der Waals surface area contributed by atoms with Crippen molar-refractivity contribution in [2.75, 3.05) is 34.4 Å². The average molecular weight is 412 g/mol. The molecule has 1 saturated heterocycles. The fraction of sp³-hybridized carbons (Fsp3) is 0.480. The smallest absolute Gasteiger partial charge is 0.222 e. The maximum atomic E-state index is 12.9. The number of nitrogens with zero attached hydrogens (tertiary/aromatic N) is 1. The Balaban J connectivity index is 1.57. The van der Waals surface area contributed by atoms with Gasteiger partial charge in [-0.2, -0.15) is 0 Å². The molecule has 1 fully saturated rings. The molecular weight excluding hydrogens is 378 g/mol. The SMILES string of the molecule is COc1ccc(CCC(=O)N2CC[C@](C)(CCc3ccccc3)C2)c(OC)c1OC. The molecule has 0 aliphatic carbocycles. The molecule has 0 N–H and O–H groups in total. The van der Waals surface area contributed by atoms with E-state index in [0.717, 1.165) is 37.9 Å². The van der Waals surface area contributed by atoms with Crippen molar-refractivity contribution in [2.24, 2.45) is 5.41 Å². The topological polar surface area (TPSA) is 48.0 Å². The monoisotopic (exact) mass is 411 g/mol. The summed E-state index contributed by atoms with van der Waals surface area (Å²) in [7, 11) is 4.81. The Bertz CT molecular complexity index is 852. The van der Waals surface area contributed by atoms with Gasteiger partial charge in [-0.3, -0.25) is 4.79 Å². The number of methoxy groups -OCH3 is 3. The molecule has 162 valence electrons. The third-order valence-corrected chi connectivity index (χ3v) is 6.16. The molecule has 0 radical (unpaired) electrons. The molecule has 1 amide bonds. The van der Waals surface area contributed by atoms with Gasteiger partial charge >= 0.3 is 0 Å². The van der Waals surface area contributed by atoms with Gasteiger partial charge in [0.25, 0.3) is 0 Å². The van der Waals surface area contributed by atoms with E-state index >= 15 is 0 Å². The van der Waals surface area contributed by atoms with E-state index in [4.69, 9.17) is 14.2 Å². The summed E-state index contributed by atoms with van der Waals surface area (Å²) in [4.78, 5) is 14.9. The summed E-state index contributed by atoms with van der Waals surface area (Å²) in [5.74, 6) is 2.03. The van der Waals surface area contributed by atoms with Crippen LogP contribution in [0.4, 0.5) is 0 Å². The number of likely N-dealkylation sites (tertiary alicyclic amines) is 1. The van der Waals surface area contributed by atoms with Crippen LogP contribution in [0.3, 0.4) is 0 Å². The van der Waals surface area contributed by atoms with Crippen LogP contribution in [-0.4, -0.2) is 45.2 Å². The molecule has 0 saturated carbocycles. The molecule has 30 heavy (non-hydrogen) atoms. The summed E-state index contributed by atoms with van der Waals surface area (Å²) < 4.78 is 16.3. The molecule has 1 aliphatic rings. The van der Waals surface area contributed by atoms with Crippen molar-refractivity contribution in [1.29, 1.82) is 0 Å². The van der Waals surface area contributed by atoms with Gasteiger partial charge in [-0.15, -0.1) is 0 Å². The van der Waals surface area contributed by atoms with Crippen molar-refractivity contribution in [2.45, 2.75) is 39.0 Å². The van der Waals surface area contributed by atoms with Crippen molar-refractivity contribution in [3.63, 3.8) is 0 Å². The Morgan fingerprint density at radius 3 is 2.37 bits per heavy atom. The lowest BCUT2D eigenvalue weighted by atomic mass is 9.83. The van der Waals surface area contributed by atoms with Gasteiger partial charge in [0.15, 0.2) is 11.5 Å². The normalized spacial score (nSPS) is 18.3. The Morgan fingerprint density at radius 2 is 1.70 bits per heavy atom. The molecule has 3 rings (SSSR count). The highest BCUT2D eigenvalue weighted by atomic mass is 16.5. The molecule has 1 aliphatic heterocycles. The van der Waals surface area contributed by atoms with E-state index in [9.17, 15) is 4.79 Å². The zero-order valence-corrected chi connectivity index (χ0v) is 18.6. The Kier molecular flexibility index (Phi) is 7.24. The number of carbonyl (C=O) groups excluding carboxylic acids is 1. The second-order valence-electron chi connectivity index (χ2n) is 8.35. The molecule has 0 bridgehead atoms. The highest BCUT2D eigenvalue weighted by Crippen LogP contribution is 2.40. The molecule has 0 spiro atoms. The second-order valence-corrected chi connectivity index (χ2v) is 8.35. The van der Waals surface area contributed by atoms with Crippen molar-refractivity contribution < 1.29 is 19.0 Å². The van der Waals surface area contributed by atoms with E-state index in [-0.39, 0.29) is 11.3 Å². The number of aryl methyl sites for hydroxylation is 2. The van der Waals surface area contributed by atoms with Crippen LogP contribution in [0.25, 0.3) is 0 Å². The number of amides is 1. The van der Waals surface area contributed by atoms with Gasteiger partial charge in [0.2, 0.25) is 11.7 Å². The minimum Gasteiger partial charge on any atom is -0.493 e. The van der Waals surface area contributed by atoms with E-state index in [1.165, 1.54) is 5.56 Å². The van der Waals surface area contributed by atoms with Crippen LogP contribution < -0.4 is 14.2 Å². The van der Waals surface area contributed by atoms with E-state index in [2.05, 4.69) is 37.3 Å². The number of hydrogen-bond acceptors (Lipinski definition) is 4. The lowest BCUT2D eigenvalue weighted by Crippen LogP contribution is -2.31.